The highest BCUT2D eigenvalue weighted by Crippen LogP contribution is 2.14. The number of nitrogens with two attached hydrogens (primary N) is 1. The predicted molar refractivity (Wildman–Crippen MR) is 89.0 cm³/mol. The molecule has 2 rings (SSSR count). The van der Waals surface area contributed by atoms with Crippen molar-refractivity contribution in [2.75, 3.05) is 0 Å². The minimum atomic E-state index is -0.734. The van der Waals surface area contributed by atoms with Gasteiger partial charge in [-0.2, -0.15) is 0 Å². The van der Waals surface area contributed by atoms with E-state index in [0.717, 1.165) is 11.3 Å². The minimum Gasteiger partial charge on any atom is -0.487 e. The molecule has 126 valence electrons. The molecule has 3 amide bonds. The lowest BCUT2D eigenvalue weighted by molar-refractivity contribution is -0.122. The summed E-state index contributed by atoms with van der Waals surface area (Å²) in [5.41, 5.74) is 6.71. The van der Waals surface area contributed by atoms with Gasteiger partial charge in [-0.3, -0.25) is 9.78 Å². The summed E-state index contributed by atoms with van der Waals surface area (Å²) in [6, 6.07) is 11.6. The number of pyridine rings is 1. The Kier molecular flexibility index (Phi) is 6.13. The molecule has 24 heavy (non-hydrogen) atoms. The molecule has 0 unspecified atom stereocenters. The normalized spacial score (nSPS) is 11.4. The topological polar surface area (TPSA) is 106 Å². The molecule has 1 atom stereocenters. The molecule has 1 aromatic heterocycles. The molecular weight excluding hydrogens is 308 g/mol. The number of carbonyl (C=O) groups excluding carboxylic acids is 2. The van der Waals surface area contributed by atoms with Gasteiger partial charge in [0.2, 0.25) is 5.91 Å². The largest absolute Gasteiger partial charge is 0.487 e. The van der Waals surface area contributed by atoms with Gasteiger partial charge in [-0.25, -0.2) is 4.79 Å². The van der Waals surface area contributed by atoms with Crippen LogP contribution in [0.15, 0.2) is 48.7 Å². The lowest BCUT2D eigenvalue weighted by Gasteiger charge is -2.13. The van der Waals surface area contributed by atoms with Gasteiger partial charge in [-0.05, 0) is 36.8 Å². The van der Waals surface area contributed by atoms with Crippen molar-refractivity contribution < 1.29 is 14.3 Å². The van der Waals surface area contributed by atoms with Gasteiger partial charge in [-0.1, -0.05) is 18.2 Å². The molecular formula is C17H20N4O3. The van der Waals surface area contributed by atoms with Crippen molar-refractivity contribution in [1.82, 2.24) is 15.6 Å². The van der Waals surface area contributed by atoms with Gasteiger partial charge in [0, 0.05) is 12.7 Å². The summed E-state index contributed by atoms with van der Waals surface area (Å²) in [6.45, 7) is 2.26. The van der Waals surface area contributed by atoms with Gasteiger partial charge >= 0.3 is 6.03 Å². The number of carbonyl (C=O) groups is 2. The van der Waals surface area contributed by atoms with Crippen molar-refractivity contribution in [2.24, 2.45) is 5.73 Å². The SMILES string of the molecule is C[C@@H](NC(N)=O)C(=O)NCc1cccc(OCc2ccccn2)c1. The minimum absolute atomic E-state index is 0.311. The summed E-state index contributed by atoms with van der Waals surface area (Å²) < 4.78 is 5.69. The first kappa shape index (κ1) is 17.3. The van der Waals surface area contributed by atoms with E-state index < -0.39 is 12.1 Å². The van der Waals surface area contributed by atoms with E-state index in [4.69, 9.17) is 10.5 Å². The van der Waals surface area contributed by atoms with Gasteiger partial charge in [0.25, 0.3) is 0 Å². The molecule has 0 aliphatic rings. The fraction of sp³-hybridized carbons (Fsp3) is 0.235. The first-order valence-corrected chi connectivity index (χ1v) is 7.50. The summed E-state index contributed by atoms with van der Waals surface area (Å²) in [6.07, 6.45) is 1.71. The van der Waals surface area contributed by atoms with Crippen molar-refractivity contribution >= 4 is 11.9 Å². The van der Waals surface area contributed by atoms with Crippen LogP contribution in [0.25, 0.3) is 0 Å². The van der Waals surface area contributed by atoms with Crippen molar-refractivity contribution in [3.63, 3.8) is 0 Å². The highest BCUT2D eigenvalue weighted by Gasteiger charge is 2.13. The van der Waals surface area contributed by atoms with Crippen molar-refractivity contribution in [1.29, 1.82) is 0 Å². The number of hydrogen-bond donors (Lipinski definition) is 3. The zero-order chi connectivity index (χ0) is 17.4. The van der Waals surface area contributed by atoms with Crippen LogP contribution >= 0.6 is 0 Å². The van der Waals surface area contributed by atoms with Gasteiger partial charge in [0.15, 0.2) is 0 Å². The number of benzene rings is 1. The van der Waals surface area contributed by atoms with Crippen LogP contribution in [0, 0.1) is 0 Å². The standard InChI is InChI=1S/C17H20N4O3/c1-12(21-17(18)23)16(22)20-10-13-5-4-7-15(9-13)24-11-14-6-2-3-8-19-14/h2-9,12H,10-11H2,1H3,(H,20,22)(H3,18,21,23)/t12-/m1/s1. The van der Waals surface area contributed by atoms with Crippen LogP contribution in [0.1, 0.15) is 18.2 Å². The van der Waals surface area contributed by atoms with Crippen LogP contribution in [-0.2, 0) is 17.9 Å². The molecule has 0 aliphatic carbocycles. The molecule has 7 heteroatoms. The lowest BCUT2D eigenvalue weighted by atomic mass is 10.2. The second-order valence-electron chi connectivity index (χ2n) is 5.21. The third kappa shape index (κ3) is 5.60. The lowest BCUT2D eigenvalue weighted by Crippen LogP contribution is -2.46. The van der Waals surface area contributed by atoms with Crippen molar-refractivity contribution in [3.8, 4) is 5.75 Å². The van der Waals surface area contributed by atoms with Crippen molar-refractivity contribution in [3.05, 3.63) is 59.9 Å². The van der Waals surface area contributed by atoms with Gasteiger partial charge in [0.1, 0.15) is 18.4 Å². The second kappa shape index (κ2) is 8.52. The van der Waals surface area contributed by atoms with Gasteiger partial charge in [-0.15, -0.1) is 0 Å². The Morgan fingerprint density at radius 2 is 2.08 bits per heavy atom. The summed E-state index contributed by atoms with van der Waals surface area (Å²) in [4.78, 5) is 26.8. The van der Waals surface area contributed by atoms with E-state index in [-0.39, 0.29) is 5.91 Å². The Morgan fingerprint density at radius 1 is 1.25 bits per heavy atom. The molecule has 4 N–H and O–H groups in total. The van der Waals surface area contributed by atoms with E-state index >= 15 is 0 Å². The van der Waals surface area contributed by atoms with Crippen molar-refractivity contribution in [2.45, 2.75) is 26.1 Å². The highest BCUT2D eigenvalue weighted by atomic mass is 16.5. The monoisotopic (exact) mass is 328 g/mol. The molecule has 0 spiro atoms. The number of nitrogens with one attached hydrogen (secondary N) is 2. The zero-order valence-electron chi connectivity index (χ0n) is 13.4. The maximum absolute atomic E-state index is 11.8. The quantitative estimate of drug-likeness (QED) is 0.713. The van der Waals surface area contributed by atoms with Crippen LogP contribution in [-0.4, -0.2) is 23.0 Å². The number of amides is 3. The number of rotatable bonds is 7. The average molecular weight is 328 g/mol. The number of ether oxygens (including phenoxy) is 1. The molecule has 0 fully saturated rings. The molecule has 1 heterocycles. The van der Waals surface area contributed by atoms with E-state index in [1.165, 1.54) is 0 Å². The van der Waals surface area contributed by atoms with Crippen LogP contribution in [0.3, 0.4) is 0 Å². The first-order chi connectivity index (χ1) is 11.5. The van der Waals surface area contributed by atoms with E-state index in [0.29, 0.717) is 18.9 Å². The van der Waals surface area contributed by atoms with E-state index in [1.54, 1.807) is 13.1 Å². The maximum Gasteiger partial charge on any atom is 0.312 e. The molecule has 1 aromatic carbocycles. The number of urea groups is 1. The van der Waals surface area contributed by atoms with Gasteiger partial charge in [0.05, 0.1) is 5.69 Å². The van der Waals surface area contributed by atoms with E-state index in [2.05, 4.69) is 15.6 Å². The average Bonchev–Trinajstić information content (AvgIpc) is 2.58. The molecule has 7 nitrogen and oxygen atoms in total. The molecule has 0 saturated heterocycles. The van der Waals surface area contributed by atoms with Gasteiger partial charge < -0.3 is 21.1 Å². The highest BCUT2D eigenvalue weighted by molar-refractivity contribution is 5.86. The Hall–Kier alpha value is -3.09. The van der Waals surface area contributed by atoms with E-state index in [9.17, 15) is 9.59 Å². The summed E-state index contributed by atoms with van der Waals surface area (Å²) >= 11 is 0. The summed E-state index contributed by atoms with van der Waals surface area (Å²) in [5.74, 6) is 0.379. The fourth-order valence-corrected chi connectivity index (χ4v) is 2.01. The number of primary amides is 1. The molecule has 0 radical (unpaired) electrons. The Morgan fingerprint density at radius 3 is 2.79 bits per heavy atom. The molecule has 2 aromatic rings. The summed E-state index contributed by atoms with van der Waals surface area (Å²) in [5, 5.41) is 5.05. The Bertz CT molecular complexity index is 691. The predicted octanol–water partition coefficient (Wildman–Crippen LogP) is 1.33. The third-order valence-electron chi connectivity index (χ3n) is 3.23. The Balaban J connectivity index is 1.86. The third-order valence-corrected chi connectivity index (χ3v) is 3.23. The van der Waals surface area contributed by atoms with Crippen LogP contribution in [0.2, 0.25) is 0 Å². The maximum atomic E-state index is 11.8. The molecule has 0 bridgehead atoms. The first-order valence-electron chi connectivity index (χ1n) is 7.50. The molecule has 0 aliphatic heterocycles. The van der Waals surface area contributed by atoms with E-state index in [1.807, 2.05) is 42.5 Å². The number of nitrogens with zero attached hydrogens (tertiary/aromatic N) is 1. The van der Waals surface area contributed by atoms with Crippen LogP contribution < -0.4 is 21.1 Å². The van der Waals surface area contributed by atoms with Crippen LogP contribution in [0.4, 0.5) is 4.79 Å². The number of aromatic nitrogens is 1. The number of hydrogen-bond acceptors (Lipinski definition) is 4. The fourth-order valence-electron chi connectivity index (χ4n) is 2.01. The van der Waals surface area contributed by atoms with Crippen LogP contribution in [0.5, 0.6) is 5.75 Å². The zero-order valence-corrected chi connectivity index (χ0v) is 13.4. The molecule has 0 saturated carbocycles. The summed E-state index contributed by atoms with van der Waals surface area (Å²) in [7, 11) is 0. The smallest absolute Gasteiger partial charge is 0.312 e. The Labute approximate surface area is 140 Å². The second-order valence-corrected chi connectivity index (χ2v) is 5.21.